The lowest BCUT2D eigenvalue weighted by atomic mass is 10.2. The minimum absolute atomic E-state index is 0.0451. The Morgan fingerprint density at radius 3 is 1.80 bits per heavy atom. The molecule has 1 fully saturated rings. The summed E-state index contributed by atoms with van der Waals surface area (Å²) in [5.74, 6) is -1.93. The maximum absolute atomic E-state index is 11.8. The summed E-state index contributed by atoms with van der Waals surface area (Å²) in [6.07, 6.45) is 1.63. The van der Waals surface area contributed by atoms with Crippen molar-refractivity contribution in [1.82, 2.24) is 0 Å². The average Bonchev–Trinajstić information content (AvgIpc) is 3.81. The van der Waals surface area contributed by atoms with Crippen molar-refractivity contribution in [3.8, 4) is 0 Å². The second-order valence-corrected chi connectivity index (χ2v) is 11.2. The normalized spacial score (nSPS) is 12.5. The van der Waals surface area contributed by atoms with Crippen molar-refractivity contribution < 1.29 is 56.4 Å². The summed E-state index contributed by atoms with van der Waals surface area (Å²) in [6, 6.07) is 6.53. The number of sulfone groups is 1. The molecular formula is C31H44O12S. The molecule has 1 aromatic rings. The van der Waals surface area contributed by atoms with Crippen molar-refractivity contribution >= 4 is 33.7 Å². The Labute approximate surface area is 259 Å². The minimum atomic E-state index is -3.39. The van der Waals surface area contributed by atoms with Crippen LogP contribution in [0.5, 0.6) is 0 Å². The molecule has 2 rings (SSSR count). The van der Waals surface area contributed by atoms with Crippen LogP contribution in [0.3, 0.4) is 0 Å². The molecule has 13 heteroatoms. The molecule has 0 saturated carbocycles. The van der Waals surface area contributed by atoms with Gasteiger partial charge in [0.05, 0.1) is 31.0 Å². The lowest BCUT2D eigenvalue weighted by Crippen LogP contribution is -2.14. The van der Waals surface area contributed by atoms with Crippen LogP contribution < -0.4 is 0 Å². The monoisotopic (exact) mass is 640 g/mol. The van der Waals surface area contributed by atoms with E-state index in [9.17, 15) is 27.6 Å². The molecule has 0 bridgehead atoms. The Balaban J connectivity index is 0. The van der Waals surface area contributed by atoms with Gasteiger partial charge in [0.1, 0.15) is 19.3 Å². The molecule has 0 aliphatic carbocycles. The van der Waals surface area contributed by atoms with Crippen LogP contribution in [0, 0.1) is 6.92 Å². The van der Waals surface area contributed by atoms with E-state index in [0.29, 0.717) is 36.4 Å². The standard InChI is InChI=1S/C12H14O4S.C7H10O3.C7H12O3.C5H8O2/c1-3-12(13)16-8-9-17(14,15)11-6-4-10(2)5-7-11;1-5(2)7(8)10-4-6-3-9-6;1-6(2)7(9)10-5-3-4-8;1-4(2)5(6)7-3/h3-7H,1,8-9H2,2H3;6H,1,3-4H2,2H3;8H,1,3-5H2,2H3;1H2,2-3H3. The third-order valence-electron chi connectivity index (χ3n) is 4.71. The quantitative estimate of drug-likeness (QED) is 0.110. The molecule has 44 heavy (non-hydrogen) atoms. The number of esters is 4. The van der Waals surface area contributed by atoms with Gasteiger partial charge in [-0.05, 0) is 39.8 Å². The molecule has 1 atom stereocenters. The van der Waals surface area contributed by atoms with E-state index in [-0.39, 0.29) is 48.5 Å². The highest BCUT2D eigenvalue weighted by molar-refractivity contribution is 7.91. The smallest absolute Gasteiger partial charge is 0.333 e. The Hall–Kier alpha value is -4.07. The molecule has 0 spiro atoms. The van der Waals surface area contributed by atoms with Crippen molar-refractivity contribution in [3.63, 3.8) is 0 Å². The number of hydrogen-bond acceptors (Lipinski definition) is 12. The second kappa shape index (κ2) is 23.4. The van der Waals surface area contributed by atoms with Gasteiger partial charge < -0.3 is 28.8 Å². The summed E-state index contributed by atoms with van der Waals surface area (Å²) in [4.78, 5) is 42.5. The molecule has 1 heterocycles. The fourth-order valence-electron chi connectivity index (χ4n) is 2.16. The van der Waals surface area contributed by atoms with Crippen LogP contribution in [0.4, 0.5) is 0 Å². The van der Waals surface area contributed by atoms with E-state index in [1.54, 1.807) is 45.0 Å². The number of carbonyl (C=O) groups is 4. The summed E-state index contributed by atoms with van der Waals surface area (Å²) < 4.78 is 46.7. The molecule has 1 aromatic carbocycles. The van der Waals surface area contributed by atoms with E-state index in [1.165, 1.54) is 7.11 Å². The Bertz CT molecular complexity index is 1230. The van der Waals surface area contributed by atoms with Crippen molar-refractivity contribution in [1.29, 1.82) is 0 Å². The van der Waals surface area contributed by atoms with E-state index in [4.69, 9.17) is 14.6 Å². The van der Waals surface area contributed by atoms with Gasteiger partial charge in [-0.25, -0.2) is 27.6 Å². The first kappa shape index (κ1) is 42.1. The molecule has 1 unspecified atom stereocenters. The van der Waals surface area contributed by atoms with E-state index in [0.717, 1.165) is 11.6 Å². The second-order valence-electron chi connectivity index (χ2n) is 9.10. The SMILES string of the molecule is C=C(C)C(=O)OC.C=C(C)C(=O)OCC1CO1.C=C(C)C(=O)OCCCO.C=CC(=O)OCCS(=O)(=O)c1ccc(C)cc1. The first-order chi connectivity index (χ1) is 20.5. The number of aliphatic hydroxyl groups excluding tert-OH is 1. The number of methoxy groups -OCH3 is 1. The zero-order valence-corrected chi connectivity index (χ0v) is 26.9. The predicted molar refractivity (Wildman–Crippen MR) is 164 cm³/mol. The van der Waals surface area contributed by atoms with E-state index in [2.05, 4.69) is 40.5 Å². The lowest BCUT2D eigenvalue weighted by molar-refractivity contribution is -0.140. The third-order valence-corrected chi connectivity index (χ3v) is 6.41. The van der Waals surface area contributed by atoms with E-state index >= 15 is 0 Å². The van der Waals surface area contributed by atoms with Gasteiger partial charge in [0.15, 0.2) is 9.84 Å². The third kappa shape index (κ3) is 22.5. The maximum Gasteiger partial charge on any atom is 0.333 e. The van der Waals surface area contributed by atoms with Crippen LogP contribution in [-0.4, -0.2) is 89.4 Å². The van der Waals surface area contributed by atoms with Gasteiger partial charge in [-0.1, -0.05) is 44.0 Å². The summed E-state index contributed by atoms with van der Waals surface area (Å²) in [5.41, 5.74) is 2.24. The van der Waals surface area contributed by atoms with Gasteiger partial charge in [-0.2, -0.15) is 0 Å². The molecule has 1 saturated heterocycles. The van der Waals surface area contributed by atoms with Crippen LogP contribution >= 0.6 is 0 Å². The van der Waals surface area contributed by atoms with Crippen LogP contribution in [0.15, 0.2) is 78.3 Å². The van der Waals surface area contributed by atoms with Gasteiger partial charge >= 0.3 is 23.9 Å². The minimum Gasteiger partial charge on any atom is -0.466 e. The Kier molecular flexibility index (Phi) is 22.4. The van der Waals surface area contributed by atoms with Gasteiger partial charge in [-0.3, -0.25) is 0 Å². The number of rotatable bonds is 13. The summed E-state index contributed by atoms with van der Waals surface area (Å²) in [7, 11) is -2.06. The first-order valence-electron chi connectivity index (χ1n) is 13.2. The lowest BCUT2D eigenvalue weighted by Gasteiger charge is -2.05. The van der Waals surface area contributed by atoms with Crippen LogP contribution in [0.25, 0.3) is 0 Å². The predicted octanol–water partition coefficient (Wildman–Crippen LogP) is 3.23. The summed E-state index contributed by atoms with van der Waals surface area (Å²) >= 11 is 0. The molecule has 1 N–H and O–H groups in total. The zero-order valence-electron chi connectivity index (χ0n) is 26.1. The highest BCUT2D eigenvalue weighted by Gasteiger charge is 2.24. The van der Waals surface area contributed by atoms with E-state index < -0.39 is 21.8 Å². The highest BCUT2D eigenvalue weighted by atomic mass is 32.2. The largest absolute Gasteiger partial charge is 0.466 e. The fraction of sp³-hybridized carbons (Fsp3) is 0.419. The number of aliphatic hydroxyl groups is 1. The molecular weight excluding hydrogens is 596 g/mol. The average molecular weight is 641 g/mol. The first-order valence-corrected chi connectivity index (χ1v) is 14.9. The number of aryl methyl sites for hydroxylation is 1. The highest BCUT2D eigenvalue weighted by Crippen LogP contribution is 2.12. The van der Waals surface area contributed by atoms with Crippen molar-refractivity contribution in [2.24, 2.45) is 0 Å². The molecule has 1 aliphatic heterocycles. The Morgan fingerprint density at radius 2 is 1.41 bits per heavy atom. The number of carbonyl (C=O) groups excluding carboxylic acids is 4. The Morgan fingerprint density at radius 1 is 0.909 bits per heavy atom. The van der Waals surface area contributed by atoms with Gasteiger partial charge in [0.25, 0.3) is 0 Å². The number of epoxide rings is 1. The van der Waals surface area contributed by atoms with Gasteiger partial charge in [0, 0.05) is 35.8 Å². The van der Waals surface area contributed by atoms with Crippen LogP contribution in [0.2, 0.25) is 0 Å². The molecule has 12 nitrogen and oxygen atoms in total. The molecule has 246 valence electrons. The van der Waals surface area contributed by atoms with Gasteiger partial charge in [0.2, 0.25) is 0 Å². The van der Waals surface area contributed by atoms with Crippen molar-refractivity contribution in [2.45, 2.75) is 45.1 Å². The number of benzene rings is 1. The fourth-order valence-corrected chi connectivity index (χ4v) is 3.25. The van der Waals surface area contributed by atoms with Crippen LogP contribution in [0.1, 0.15) is 32.8 Å². The maximum atomic E-state index is 11.8. The molecule has 1 aliphatic rings. The van der Waals surface area contributed by atoms with Crippen molar-refractivity contribution in [2.75, 3.05) is 45.9 Å². The van der Waals surface area contributed by atoms with Crippen molar-refractivity contribution in [3.05, 3.63) is 78.9 Å². The van der Waals surface area contributed by atoms with Gasteiger partial charge in [-0.15, -0.1) is 0 Å². The molecule has 0 radical (unpaired) electrons. The van der Waals surface area contributed by atoms with Crippen LogP contribution in [-0.2, 0) is 52.7 Å². The topological polar surface area (TPSA) is 172 Å². The summed E-state index contributed by atoms with van der Waals surface area (Å²) in [6.45, 7) is 21.3. The summed E-state index contributed by atoms with van der Waals surface area (Å²) in [5, 5.41) is 8.30. The zero-order chi connectivity index (χ0) is 34.3. The molecule has 0 amide bonds. The molecule has 0 aromatic heterocycles. The number of ether oxygens (including phenoxy) is 5. The van der Waals surface area contributed by atoms with E-state index in [1.807, 2.05) is 6.92 Å². The number of hydrogen-bond donors (Lipinski definition) is 1.